The number of hydrogen-bond donors (Lipinski definition) is 1. The molecular weight excluding hydrogens is 180 g/mol. The summed E-state index contributed by atoms with van der Waals surface area (Å²) in [6.45, 7) is 5.13. The molecule has 0 bridgehead atoms. The minimum Gasteiger partial charge on any atom is -0.381 e. The molecule has 2 fully saturated rings. The maximum Gasteiger partial charge on any atom is 0.239 e. The number of ether oxygens (including phenoxy) is 1. The molecule has 2 rings (SSSR count). The van der Waals surface area contributed by atoms with Crippen LogP contribution in [0, 0.1) is 11.8 Å². The molecule has 3 atom stereocenters. The standard InChI is InChI=1S/C10H18N2O2/c1-7(11)10(13)12-3-2-8-5-14-6-9(8)4-12/h7-9H,2-6,11H2,1H3/t7-,8+,9-/m0/s1. The third-order valence-corrected chi connectivity index (χ3v) is 3.26. The fraction of sp³-hybridized carbons (Fsp3) is 0.900. The number of hydrogen-bond acceptors (Lipinski definition) is 3. The van der Waals surface area contributed by atoms with Gasteiger partial charge in [0.15, 0.2) is 0 Å². The van der Waals surface area contributed by atoms with Crippen LogP contribution in [0.25, 0.3) is 0 Å². The fourth-order valence-corrected chi connectivity index (χ4v) is 2.35. The highest BCUT2D eigenvalue weighted by Gasteiger charge is 2.35. The van der Waals surface area contributed by atoms with Crippen LogP contribution >= 0.6 is 0 Å². The Bertz CT molecular complexity index is 230. The number of fused-ring (bicyclic) bond motifs is 1. The molecule has 0 aliphatic carbocycles. The van der Waals surface area contributed by atoms with Gasteiger partial charge in [-0.15, -0.1) is 0 Å². The fourth-order valence-electron chi connectivity index (χ4n) is 2.35. The average Bonchev–Trinajstić information content (AvgIpc) is 2.62. The van der Waals surface area contributed by atoms with E-state index in [0.717, 1.165) is 32.7 Å². The van der Waals surface area contributed by atoms with Crippen molar-refractivity contribution in [3.05, 3.63) is 0 Å². The number of carbonyl (C=O) groups excluding carboxylic acids is 1. The summed E-state index contributed by atoms with van der Waals surface area (Å²) < 4.78 is 5.41. The molecule has 0 aromatic heterocycles. The second kappa shape index (κ2) is 3.87. The average molecular weight is 198 g/mol. The molecule has 0 radical (unpaired) electrons. The van der Waals surface area contributed by atoms with Crippen LogP contribution in [0.3, 0.4) is 0 Å². The van der Waals surface area contributed by atoms with Crippen LogP contribution in [0.2, 0.25) is 0 Å². The van der Waals surface area contributed by atoms with E-state index in [2.05, 4.69) is 0 Å². The van der Waals surface area contributed by atoms with Crippen molar-refractivity contribution in [2.24, 2.45) is 17.6 Å². The van der Waals surface area contributed by atoms with Gasteiger partial charge in [-0.25, -0.2) is 0 Å². The van der Waals surface area contributed by atoms with Gasteiger partial charge >= 0.3 is 0 Å². The van der Waals surface area contributed by atoms with Gasteiger partial charge < -0.3 is 15.4 Å². The molecule has 0 aromatic rings. The zero-order valence-corrected chi connectivity index (χ0v) is 8.61. The van der Waals surface area contributed by atoms with Gasteiger partial charge in [-0.3, -0.25) is 4.79 Å². The van der Waals surface area contributed by atoms with Gasteiger partial charge in [0.1, 0.15) is 0 Å². The van der Waals surface area contributed by atoms with Gasteiger partial charge in [-0.1, -0.05) is 0 Å². The van der Waals surface area contributed by atoms with E-state index >= 15 is 0 Å². The Morgan fingerprint density at radius 2 is 2.21 bits per heavy atom. The van der Waals surface area contributed by atoms with Gasteiger partial charge in [-0.2, -0.15) is 0 Å². The van der Waals surface area contributed by atoms with Crippen molar-refractivity contribution in [1.29, 1.82) is 0 Å². The maximum atomic E-state index is 11.6. The predicted octanol–water partition coefficient (Wildman–Crippen LogP) is -0.171. The van der Waals surface area contributed by atoms with Gasteiger partial charge in [0.2, 0.25) is 5.91 Å². The van der Waals surface area contributed by atoms with Gasteiger partial charge in [0.25, 0.3) is 0 Å². The molecule has 0 spiro atoms. The Kier molecular flexibility index (Phi) is 2.74. The number of nitrogens with two attached hydrogens (primary N) is 1. The molecule has 2 saturated heterocycles. The van der Waals surface area contributed by atoms with Crippen LogP contribution in [0.5, 0.6) is 0 Å². The third kappa shape index (κ3) is 1.77. The molecule has 4 nitrogen and oxygen atoms in total. The van der Waals surface area contributed by atoms with E-state index in [1.54, 1.807) is 6.92 Å². The van der Waals surface area contributed by atoms with Crippen LogP contribution in [0.1, 0.15) is 13.3 Å². The largest absolute Gasteiger partial charge is 0.381 e. The molecule has 0 saturated carbocycles. The quantitative estimate of drug-likeness (QED) is 0.636. The van der Waals surface area contributed by atoms with Crippen LogP contribution in [-0.4, -0.2) is 43.2 Å². The van der Waals surface area contributed by atoms with E-state index in [1.807, 2.05) is 4.90 Å². The van der Waals surface area contributed by atoms with Crippen molar-refractivity contribution in [3.8, 4) is 0 Å². The Hall–Kier alpha value is -0.610. The zero-order valence-electron chi connectivity index (χ0n) is 8.61. The first-order valence-corrected chi connectivity index (χ1v) is 5.30. The van der Waals surface area contributed by atoms with Crippen LogP contribution < -0.4 is 5.73 Å². The van der Waals surface area contributed by atoms with Crippen LogP contribution in [-0.2, 0) is 9.53 Å². The third-order valence-electron chi connectivity index (χ3n) is 3.26. The first-order valence-electron chi connectivity index (χ1n) is 5.30. The highest BCUT2D eigenvalue weighted by Crippen LogP contribution is 2.29. The topological polar surface area (TPSA) is 55.6 Å². The number of amides is 1. The molecule has 80 valence electrons. The summed E-state index contributed by atoms with van der Waals surface area (Å²) in [5, 5.41) is 0. The van der Waals surface area contributed by atoms with Gasteiger partial charge in [0.05, 0.1) is 12.6 Å². The minimum absolute atomic E-state index is 0.0790. The van der Waals surface area contributed by atoms with Crippen molar-refractivity contribution in [3.63, 3.8) is 0 Å². The molecular formula is C10H18N2O2. The molecule has 2 aliphatic heterocycles. The number of likely N-dealkylation sites (tertiary alicyclic amines) is 1. The molecule has 0 aromatic carbocycles. The summed E-state index contributed by atoms with van der Waals surface area (Å²) >= 11 is 0. The first kappa shape index (κ1) is 9.93. The first-order chi connectivity index (χ1) is 6.68. The molecule has 14 heavy (non-hydrogen) atoms. The van der Waals surface area contributed by atoms with Gasteiger partial charge in [-0.05, 0) is 19.3 Å². The Labute approximate surface area is 84.4 Å². The summed E-state index contributed by atoms with van der Waals surface area (Å²) in [7, 11) is 0. The maximum absolute atomic E-state index is 11.6. The smallest absolute Gasteiger partial charge is 0.239 e. The van der Waals surface area contributed by atoms with Crippen LogP contribution in [0.4, 0.5) is 0 Å². The molecule has 0 unspecified atom stereocenters. The zero-order chi connectivity index (χ0) is 10.1. The van der Waals surface area contributed by atoms with E-state index in [0.29, 0.717) is 11.8 Å². The molecule has 4 heteroatoms. The second-order valence-electron chi connectivity index (χ2n) is 4.42. The lowest BCUT2D eigenvalue weighted by molar-refractivity contribution is -0.134. The Morgan fingerprint density at radius 1 is 1.50 bits per heavy atom. The molecule has 2 aliphatic rings. The lowest BCUT2D eigenvalue weighted by Gasteiger charge is -2.34. The monoisotopic (exact) mass is 198 g/mol. The Morgan fingerprint density at radius 3 is 2.93 bits per heavy atom. The lowest BCUT2D eigenvalue weighted by Crippen LogP contribution is -2.48. The van der Waals surface area contributed by atoms with E-state index in [9.17, 15) is 4.79 Å². The highest BCUT2D eigenvalue weighted by molar-refractivity contribution is 5.81. The van der Waals surface area contributed by atoms with E-state index < -0.39 is 0 Å². The summed E-state index contributed by atoms with van der Waals surface area (Å²) in [5.41, 5.74) is 5.58. The van der Waals surface area contributed by atoms with E-state index in [1.165, 1.54) is 0 Å². The molecule has 1 amide bonds. The van der Waals surface area contributed by atoms with Gasteiger partial charge in [0, 0.05) is 25.6 Å². The minimum atomic E-state index is -0.367. The highest BCUT2D eigenvalue weighted by atomic mass is 16.5. The van der Waals surface area contributed by atoms with Crippen molar-refractivity contribution < 1.29 is 9.53 Å². The van der Waals surface area contributed by atoms with E-state index in [-0.39, 0.29) is 11.9 Å². The van der Waals surface area contributed by atoms with Crippen molar-refractivity contribution in [2.45, 2.75) is 19.4 Å². The predicted molar refractivity (Wildman–Crippen MR) is 52.6 cm³/mol. The summed E-state index contributed by atoms with van der Waals surface area (Å²) in [4.78, 5) is 13.5. The molecule has 2 N–H and O–H groups in total. The number of piperidine rings is 1. The second-order valence-corrected chi connectivity index (χ2v) is 4.42. The summed E-state index contributed by atoms with van der Waals surface area (Å²) in [5.74, 6) is 1.30. The van der Waals surface area contributed by atoms with E-state index in [4.69, 9.17) is 10.5 Å². The summed E-state index contributed by atoms with van der Waals surface area (Å²) in [6.07, 6.45) is 1.07. The van der Waals surface area contributed by atoms with Crippen molar-refractivity contribution in [2.75, 3.05) is 26.3 Å². The SMILES string of the molecule is C[C@H](N)C(=O)N1CC[C@@H]2COC[C@@H]2C1. The van der Waals surface area contributed by atoms with Crippen molar-refractivity contribution >= 4 is 5.91 Å². The van der Waals surface area contributed by atoms with Crippen LogP contribution in [0.15, 0.2) is 0 Å². The molecule has 2 heterocycles. The number of rotatable bonds is 1. The summed E-state index contributed by atoms with van der Waals surface area (Å²) in [6, 6.07) is -0.367. The Balaban J connectivity index is 1.94. The lowest BCUT2D eigenvalue weighted by atomic mass is 9.88. The number of carbonyl (C=O) groups is 1. The normalized spacial score (nSPS) is 34.0. The number of nitrogens with zero attached hydrogens (tertiary/aromatic N) is 1. The van der Waals surface area contributed by atoms with Crippen molar-refractivity contribution in [1.82, 2.24) is 4.90 Å².